The third kappa shape index (κ3) is 3.86. The molecule has 2 aromatic rings. The summed E-state index contributed by atoms with van der Waals surface area (Å²) in [5.74, 6) is 0.767. The molecule has 2 aromatic carbocycles. The summed E-state index contributed by atoms with van der Waals surface area (Å²) in [5, 5.41) is 0. The number of amides is 2. The highest BCUT2D eigenvalue weighted by atomic mass is 16.5. The minimum Gasteiger partial charge on any atom is -0.488 e. The molecule has 1 atom stereocenters. The van der Waals surface area contributed by atoms with Gasteiger partial charge >= 0.3 is 0 Å². The van der Waals surface area contributed by atoms with Crippen molar-refractivity contribution in [1.29, 1.82) is 0 Å². The van der Waals surface area contributed by atoms with Gasteiger partial charge in [-0.15, -0.1) is 0 Å². The molecule has 1 unspecified atom stereocenters. The first-order chi connectivity index (χ1) is 14.1. The molecule has 4 rings (SSSR count). The Hall–Kier alpha value is -2.82. The Bertz CT molecular complexity index is 883. The molecule has 0 N–H and O–H groups in total. The molecule has 5 heteroatoms. The van der Waals surface area contributed by atoms with Crippen LogP contribution in [0.2, 0.25) is 0 Å². The first kappa shape index (κ1) is 19.5. The van der Waals surface area contributed by atoms with Crippen LogP contribution in [0.25, 0.3) is 0 Å². The van der Waals surface area contributed by atoms with Crippen LogP contribution in [0.15, 0.2) is 54.6 Å². The van der Waals surface area contributed by atoms with Gasteiger partial charge in [0, 0.05) is 26.2 Å². The third-order valence-corrected chi connectivity index (χ3v) is 6.09. The Kier molecular flexibility index (Phi) is 5.56. The molecule has 2 heterocycles. The average Bonchev–Trinajstić information content (AvgIpc) is 3.33. The van der Waals surface area contributed by atoms with Gasteiger partial charge in [0.2, 0.25) is 5.91 Å². The summed E-state index contributed by atoms with van der Waals surface area (Å²) in [6.07, 6.45) is 2.57. The van der Waals surface area contributed by atoms with Gasteiger partial charge in [-0.2, -0.15) is 0 Å². The normalized spacial score (nSPS) is 21.2. The zero-order chi connectivity index (χ0) is 20.3. The van der Waals surface area contributed by atoms with Gasteiger partial charge in [-0.3, -0.25) is 9.59 Å². The predicted octanol–water partition coefficient (Wildman–Crippen LogP) is 3.74. The summed E-state index contributed by atoms with van der Waals surface area (Å²) >= 11 is 0. The summed E-state index contributed by atoms with van der Waals surface area (Å²) in [6.45, 7) is 5.26. The van der Waals surface area contributed by atoms with E-state index in [4.69, 9.17) is 4.74 Å². The van der Waals surface area contributed by atoms with Gasteiger partial charge in [-0.05, 0) is 37.0 Å². The van der Waals surface area contributed by atoms with Crippen LogP contribution in [0.5, 0.6) is 5.75 Å². The van der Waals surface area contributed by atoms with Crippen molar-refractivity contribution in [1.82, 2.24) is 9.80 Å². The zero-order valence-electron chi connectivity index (χ0n) is 17.0. The number of nitrogens with zero attached hydrogens (tertiary/aromatic N) is 2. The molecule has 2 aliphatic heterocycles. The summed E-state index contributed by atoms with van der Waals surface area (Å²) in [4.78, 5) is 30.0. The number of ether oxygens (including phenoxy) is 1. The van der Waals surface area contributed by atoms with E-state index in [-0.39, 0.29) is 17.2 Å². The van der Waals surface area contributed by atoms with E-state index in [1.54, 1.807) is 0 Å². The number of hydrogen-bond donors (Lipinski definition) is 0. The fourth-order valence-electron chi connectivity index (χ4n) is 4.48. The Labute approximate surface area is 172 Å². The van der Waals surface area contributed by atoms with Crippen molar-refractivity contribution >= 4 is 11.8 Å². The number of carbonyl (C=O) groups excluding carboxylic acids is 2. The molecule has 152 valence electrons. The fourth-order valence-corrected chi connectivity index (χ4v) is 4.48. The maximum Gasteiger partial charge on any atom is 0.257 e. The van der Waals surface area contributed by atoms with Crippen molar-refractivity contribution in [3.8, 4) is 5.75 Å². The lowest BCUT2D eigenvalue weighted by Crippen LogP contribution is -2.38. The maximum atomic E-state index is 13.3. The predicted molar refractivity (Wildman–Crippen MR) is 112 cm³/mol. The van der Waals surface area contributed by atoms with Crippen molar-refractivity contribution in [3.63, 3.8) is 0 Å². The average molecular weight is 392 g/mol. The van der Waals surface area contributed by atoms with Gasteiger partial charge in [0.1, 0.15) is 12.4 Å². The third-order valence-electron chi connectivity index (χ3n) is 6.09. The van der Waals surface area contributed by atoms with Gasteiger partial charge in [0.05, 0.1) is 11.0 Å². The molecule has 1 spiro atoms. The van der Waals surface area contributed by atoms with Crippen LogP contribution in [0.4, 0.5) is 0 Å². The lowest BCUT2D eigenvalue weighted by molar-refractivity contribution is -0.135. The van der Waals surface area contributed by atoms with Gasteiger partial charge in [0.15, 0.2) is 0 Å². The van der Waals surface area contributed by atoms with Gasteiger partial charge in [-0.25, -0.2) is 0 Å². The molecule has 2 amide bonds. The Balaban J connectivity index is 1.46. The van der Waals surface area contributed by atoms with Crippen molar-refractivity contribution in [2.24, 2.45) is 5.41 Å². The highest BCUT2D eigenvalue weighted by Crippen LogP contribution is 2.41. The number of hydrogen-bond acceptors (Lipinski definition) is 3. The van der Waals surface area contributed by atoms with E-state index in [9.17, 15) is 9.59 Å². The van der Waals surface area contributed by atoms with Crippen LogP contribution in [0.3, 0.4) is 0 Å². The number of benzene rings is 2. The molecular weight excluding hydrogens is 364 g/mol. The monoisotopic (exact) mass is 392 g/mol. The van der Waals surface area contributed by atoms with Gasteiger partial charge < -0.3 is 14.5 Å². The van der Waals surface area contributed by atoms with E-state index in [0.717, 1.165) is 37.9 Å². The Morgan fingerprint density at radius 1 is 1.03 bits per heavy atom. The Morgan fingerprint density at radius 2 is 1.76 bits per heavy atom. The molecule has 0 bridgehead atoms. The molecular formula is C24H28N2O3. The SMILES string of the molecule is CCCN1CCC2(CCN(C(=O)c3ccccc3OCc3ccccc3)C2)C1=O. The van der Waals surface area contributed by atoms with Gasteiger partial charge in [-0.1, -0.05) is 49.4 Å². The van der Waals surface area contributed by atoms with E-state index in [0.29, 0.717) is 31.0 Å². The second kappa shape index (κ2) is 8.27. The molecule has 0 saturated carbocycles. The first-order valence-corrected chi connectivity index (χ1v) is 10.5. The molecule has 0 aromatic heterocycles. The van der Waals surface area contributed by atoms with Gasteiger partial charge in [0.25, 0.3) is 5.91 Å². The standard InChI is InChI=1S/C24H28N2O3/c1-2-14-25-15-12-24(23(25)28)13-16-26(18-24)22(27)20-10-6-7-11-21(20)29-17-19-8-4-3-5-9-19/h3-11H,2,12-18H2,1H3. The summed E-state index contributed by atoms with van der Waals surface area (Å²) in [6, 6.07) is 17.3. The molecule has 2 fully saturated rings. The number of para-hydroxylation sites is 1. The summed E-state index contributed by atoms with van der Waals surface area (Å²) in [7, 11) is 0. The lowest BCUT2D eigenvalue weighted by atomic mass is 9.85. The lowest BCUT2D eigenvalue weighted by Gasteiger charge is -2.24. The van der Waals surface area contributed by atoms with E-state index in [1.165, 1.54) is 0 Å². The van der Waals surface area contributed by atoms with E-state index in [2.05, 4.69) is 6.92 Å². The second-order valence-corrected chi connectivity index (χ2v) is 8.07. The van der Waals surface area contributed by atoms with Crippen molar-refractivity contribution in [2.45, 2.75) is 32.8 Å². The van der Waals surface area contributed by atoms with E-state index < -0.39 is 0 Å². The van der Waals surface area contributed by atoms with Crippen LogP contribution in [-0.2, 0) is 11.4 Å². The van der Waals surface area contributed by atoms with Crippen LogP contribution >= 0.6 is 0 Å². The molecule has 2 aliphatic rings. The van der Waals surface area contributed by atoms with Crippen LogP contribution in [-0.4, -0.2) is 47.8 Å². The molecule has 2 saturated heterocycles. The largest absolute Gasteiger partial charge is 0.488 e. The minimum atomic E-state index is -0.384. The van der Waals surface area contributed by atoms with Crippen LogP contribution < -0.4 is 4.74 Å². The molecule has 0 radical (unpaired) electrons. The maximum absolute atomic E-state index is 13.3. The van der Waals surface area contributed by atoms with E-state index >= 15 is 0 Å². The van der Waals surface area contributed by atoms with Crippen LogP contribution in [0.1, 0.15) is 42.1 Å². The zero-order valence-corrected chi connectivity index (χ0v) is 17.0. The smallest absolute Gasteiger partial charge is 0.257 e. The van der Waals surface area contributed by atoms with Crippen LogP contribution in [0, 0.1) is 5.41 Å². The first-order valence-electron chi connectivity index (χ1n) is 10.5. The second-order valence-electron chi connectivity index (χ2n) is 8.07. The Morgan fingerprint density at radius 3 is 2.55 bits per heavy atom. The highest BCUT2D eigenvalue weighted by molar-refractivity contribution is 5.98. The van der Waals surface area contributed by atoms with Crippen molar-refractivity contribution in [2.75, 3.05) is 26.2 Å². The summed E-state index contributed by atoms with van der Waals surface area (Å²) in [5.41, 5.74) is 1.24. The summed E-state index contributed by atoms with van der Waals surface area (Å²) < 4.78 is 5.97. The number of likely N-dealkylation sites (tertiary alicyclic amines) is 2. The minimum absolute atomic E-state index is 0.0488. The fraction of sp³-hybridized carbons (Fsp3) is 0.417. The quantitative estimate of drug-likeness (QED) is 0.752. The molecule has 0 aliphatic carbocycles. The molecule has 5 nitrogen and oxygen atoms in total. The number of rotatable bonds is 6. The molecule has 29 heavy (non-hydrogen) atoms. The topological polar surface area (TPSA) is 49.9 Å². The van der Waals surface area contributed by atoms with Crippen molar-refractivity contribution < 1.29 is 14.3 Å². The van der Waals surface area contributed by atoms with E-state index in [1.807, 2.05) is 64.4 Å². The van der Waals surface area contributed by atoms with Crippen molar-refractivity contribution in [3.05, 3.63) is 65.7 Å². The highest BCUT2D eigenvalue weighted by Gasteiger charge is 2.51. The number of carbonyl (C=O) groups is 2.